The van der Waals surface area contributed by atoms with Gasteiger partial charge < -0.3 is 10.1 Å². The predicted octanol–water partition coefficient (Wildman–Crippen LogP) is 0.956. The summed E-state index contributed by atoms with van der Waals surface area (Å²) >= 11 is 0. The summed E-state index contributed by atoms with van der Waals surface area (Å²) in [5, 5.41) is 2.92. The van der Waals surface area contributed by atoms with E-state index in [-0.39, 0.29) is 11.4 Å². The molecule has 19 heavy (non-hydrogen) atoms. The standard InChI is InChI=1S/C13H26N2O3S/c1-10-8-15(9-13(3,4)18-10)19(16,17)11(2)7-14-12-5-6-12/h10-12,14H,5-9H2,1-4H3. The van der Waals surface area contributed by atoms with Crippen molar-refractivity contribution in [2.45, 2.75) is 63.5 Å². The van der Waals surface area contributed by atoms with Crippen LogP contribution in [0.2, 0.25) is 0 Å². The second kappa shape index (κ2) is 5.31. The number of morpholine rings is 1. The molecular weight excluding hydrogens is 264 g/mol. The molecule has 2 rings (SSSR count). The van der Waals surface area contributed by atoms with Gasteiger partial charge in [0.1, 0.15) is 0 Å². The summed E-state index contributed by atoms with van der Waals surface area (Å²) in [7, 11) is -3.24. The lowest BCUT2D eigenvalue weighted by Crippen LogP contribution is -2.56. The van der Waals surface area contributed by atoms with Crippen LogP contribution in [0.3, 0.4) is 0 Å². The molecule has 0 spiro atoms. The fraction of sp³-hybridized carbons (Fsp3) is 1.00. The third-order valence-electron chi connectivity index (χ3n) is 3.68. The van der Waals surface area contributed by atoms with E-state index in [1.54, 1.807) is 11.2 Å². The molecule has 0 aromatic heterocycles. The second-order valence-electron chi connectivity index (χ2n) is 6.52. The molecule has 6 heteroatoms. The van der Waals surface area contributed by atoms with Crippen LogP contribution in [-0.2, 0) is 14.8 Å². The molecule has 1 N–H and O–H groups in total. The predicted molar refractivity (Wildman–Crippen MR) is 75.6 cm³/mol. The first-order valence-corrected chi connectivity index (χ1v) is 8.61. The Kier molecular flexibility index (Phi) is 4.26. The Morgan fingerprint density at radius 3 is 2.58 bits per heavy atom. The van der Waals surface area contributed by atoms with Crippen LogP contribution < -0.4 is 5.32 Å². The van der Waals surface area contributed by atoms with Gasteiger partial charge in [-0.3, -0.25) is 0 Å². The van der Waals surface area contributed by atoms with E-state index in [0.29, 0.717) is 25.7 Å². The third-order valence-corrected chi connectivity index (χ3v) is 5.86. The monoisotopic (exact) mass is 290 g/mol. The smallest absolute Gasteiger partial charge is 0.218 e. The van der Waals surface area contributed by atoms with Crippen LogP contribution >= 0.6 is 0 Å². The van der Waals surface area contributed by atoms with Crippen LogP contribution in [0.25, 0.3) is 0 Å². The highest BCUT2D eigenvalue weighted by molar-refractivity contribution is 7.89. The molecule has 0 amide bonds. The van der Waals surface area contributed by atoms with Gasteiger partial charge in [0, 0.05) is 25.7 Å². The summed E-state index contributed by atoms with van der Waals surface area (Å²) in [6, 6.07) is 0.540. The minimum Gasteiger partial charge on any atom is -0.370 e. The van der Waals surface area contributed by atoms with Gasteiger partial charge in [-0.05, 0) is 40.5 Å². The molecule has 5 nitrogen and oxygen atoms in total. The van der Waals surface area contributed by atoms with Crippen molar-refractivity contribution in [2.75, 3.05) is 19.6 Å². The average molecular weight is 290 g/mol. The van der Waals surface area contributed by atoms with Gasteiger partial charge in [-0.25, -0.2) is 8.42 Å². The van der Waals surface area contributed by atoms with Crippen LogP contribution in [0.4, 0.5) is 0 Å². The SMILES string of the molecule is CC1CN(S(=O)(=O)C(C)CNC2CC2)CC(C)(C)O1. The van der Waals surface area contributed by atoms with E-state index in [2.05, 4.69) is 5.32 Å². The molecular formula is C13H26N2O3S. The maximum atomic E-state index is 12.6. The van der Waals surface area contributed by atoms with Crippen molar-refractivity contribution < 1.29 is 13.2 Å². The second-order valence-corrected chi connectivity index (χ2v) is 8.87. The topological polar surface area (TPSA) is 58.6 Å². The lowest BCUT2D eigenvalue weighted by molar-refractivity contribution is -0.109. The Morgan fingerprint density at radius 2 is 2.05 bits per heavy atom. The molecule has 1 saturated heterocycles. The van der Waals surface area contributed by atoms with Gasteiger partial charge in [-0.1, -0.05) is 0 Å². The summed E-state index contributed by atoms with van der Waals surface area (Å²) < 4.78 is 32.5. The number of sulfonamides is 1. The van der Waals surface area contributed by atoms with E-state index in [1.807, 2.05) is 20.8 Å². The lowest BCUT2D eigenvalue weighted by Gasteiger charge is -2.41. The number of nitrogens with zero attached hydrogens (tertiary/aromatic N) is 1. The molecule has 0 radical (unpaired) electrons. The summed E-state index contributed by atoms with van der Waals surface area (Å²) in [6.07, 6.45) is 2.30. The first-order valence-electron chi connectivity index (χ1n) is 7.11. The molecule has 2 aliphatic rings. The van der Waals surface area contributed by atoms with Gasteiger partial charge in [-0.15, -0.1) is 0 Å². The van der Waals surface area contributed by atoms with Crippen molar-refractivity contribution in [1.82, 2.24) is 9.62 Å². The van der Waals surface area contributed by atoms with Crippen molar-refractivity contribution in [3.8, 4) is 0 Å². The van der Waals surface area contributed by atoms with Gasteiger partial charge in [0.05, 0.1) is 17.0 Å². The lowest BCUT2D eigenvalue weighted by atomic mass is 10.1. The molecule has 1 aliphatic carbocycles. The highest BCUT2D eigenvalue weighted by Crippen LogP contribution is 2.25. The molecule has 0 aromatic carbocycles. The molecule has 0 aromatic rings. The first kappa shape index (κ1) is 15.2. The molecule has 1 aliphatic heterocycles. The van der Waals surface area contributed by atoms with Crippen molar-refractivity contribution in [3.63, 3.8) is 0 Å². The molecule has 1 heterocycles. The van der Waals surface area contributed by atoms with Gasteiger partial charge in [0.25, 0.3) is 0 Å². The van der Waals surface area contributed by atoms with E-state index in [1.165, 1.54) is 12.8 Å². The average Bonchev–Trinajstić information content (AvgIpc) is 3.06. The molecule has 112 valence electrons. The van der Waals surface area contributed by atoms with E-state index < -0.39 is 15.6 Å². The van der Waals surface area contributed by atoms with E-state index in [4.69, 9.17) is 4.74 Å². The van der Waals surface area contributed by atoms with Crippen molar-refractivity contribution >= 4 is 10.0 Å². The molecule has 0 bridgehead atoms. The van der Waals surface area contributed by atoms with E-state index in [0.717, 1.165) is 0 Å². The maximum absolute atomic E-state index is 12.6. The van der Waals surface area contributed by atoms with Crippen LogP contribution in [-0.4, -0.2) is 55.4 Å². The van der Waals surface area contributed by atoms with E-state index in [9.17, 15) is 8.42 Å². The fourth-order valence-corrected chi connectivity index (χ4v) is 4.29. The number of nitrogens with one attached hydrogen (secondary N) is 1. The zero-order valence-electron chi connectivity index (χ0n) is 12.3. The Morgan fingerprint density at radius 1 is 1.42 bits per heavy atom. The highest BCUT2D eigenvalue weighted by Gasteiger charge is 2.39. The quantitative estimate of drug-likeness (QED) is 0.819. The molecule has 2 atom stereocenters. The van der Waals surface area contributed by atoms with Crippen molar-refractivity contribution in [2.24, 2.45) is 0 Å². The third kappa shape index (κ3) is 3.90. The van der Waals surface area contributed by atoms with Crippen LogP contribution in [0.5, 0.6) is 0 Å². The first-order chi connectivity index (χ1) is 8.71. The van der Waals surface area contributed by atoms with Gasteiger partial charge >= 0.3 is 0 Å². The van der Waals surface area contributed by atoms with Crippen LogP contribution in [0, 0.1) is 0 Å². The normalized spacial score (nSPS) is 30.2. The number of ether oxygens (including phenoxy) is 1. The largest absolute Gasteiger partial charge is 0.370 e. The van der Waals surface area contributed by atoms with Crippen molar-refractivity contribution in [1.29, 1.82) is 0 Å². The van der Waals surface area contributed by atoms with Gasteiger partial charge in [0.2, 0.25) is 10.0 Å². The maximum Gasteiger partial charge on any atom is 0.218 e. The number of rotatable bonds is 5. The summed E-state index contributed by atoms with van der Waals surface area (Å²) in [6.45, 7) is 9.04. The Balaban J connectivity index is 2.00. The minimum absolute atomic E-state index is 0.0536. The zero-order valence-corrected chi connectivity index (χ0v) is 13.2. The Labute approximate surface area is 116 Å². The summed E-state index contributed by atoms with van der Waals surface area (Å²) in [5.74, 6) is 0. The highest BCUT2D eigenvalue weighted by atomic mass is 32.2. The summed E-state index contributed by atoms with van der Waals surface area (Å²) in [5.41, 5.74) is -0.408. The molecule has 2 unspecified atom stereocenters. The zero-order chi connectivity index (χ0) is 14.3. The van der Waals surface area contributed by atoms with E-state index >= 15 is 0 Å². The number of hydrogen-bond donors (Lipinski definition) is 1. The number of hydrogen-bond acceptors (Lipinski definition) is 4. The molecule has 1 saturated carbocycles. The Bertz CT molecular complexity index is 418. The summed E-state index contributed by atoms with van der Waals surface area (Å²) in [4.78, 5) is 0. The van der Waals surface area contributed by atoms with Crippen LogP contribution in [0.1, 0.15) is 40.5 Å². The Hall–Kier alpha value is -0.170. The fourth-order valence-electron chi connectivity index (χ4n) is 2.57. The van der Waals surface area contributed by atoms with Crippen LogP contribution in [0.15, 0.2) is 0 Å². The minimum atomic E-state index is -3.24. The van der Waals surface area contributed by atoms with Crippen molar-refractivity contribution in [3.05, 3.63) is 0 Å². The molecule has 2 fully saturated rings. The van der Waals surface area contributed by atoms with Gasteiger partial charge in [-0.2, -0.15) is 4.31 Å². The van der Waals surface area contributed by atoms with Gasteiger partial charge in [0.15, 0.2) is 0 Å².